The Kier molecular flexibility index (Phi) is 6.60. The molecule has 0 aromatic heterocycles. The van der Waals surface area contributed by atoms with Crippen molar-refractivity contribution in [2.75, 3.05) is 40.2 Å². The summed E-state index contributed by atoms with van der Waals surface area (Å²) in [5.41, 5.74) is 0.788. The summed E-state index contributed by atoms with van der Waals surface area (Å²) in [4.78, 5) is 25.2. The molecule has 8 heteroatoms. The standard InChI is InChI=1S/C16H22N2O5S/c1-21-12-9-14(23-3)13(22-2)8-11(12)10-17-15(19)4-5-18-6-7-24-16(18)20/h8-9H,4-7,10H2,1-3H3,(H,17,19). The summed E-state index contributed by atoms with van der Waals surface area (Å²) in [7, 11) is 4.66. The lowest BCUT2D eigenvalue weighted by Gasteiger charge is -2.16. The highest BCUT2D eigenvalue weighted by atomic mass is 32.2. The summed E-state index contributed by atoms with van der Waals surface area (Å²) in [5, 5.41) is 2.89. The van der Waals surface area contributed by atoms with Gasteiger partial charge in [-0.05, 0) is 6.07 Å². The number of thioether (sulfide) groups is 1. The molecule has 0 saturated carbocycles. The molecular formula is C16H22N2O5S. The second-order valence-corrected chi connectivity index (χ2v) is 6.19. The van der Waals surface area contributed by atoms with Crippen molar-refractivity contribution in [1.29, 1.82) is 0 Å². The third-order valence-corrected chi connectivity index (χ3v) is 4.61. The summed E-state index contributed by atoms with van der Waals surface area (Å²) in [6.07, 6.45) is 0.280. The number of rotatable bonds is 8. The minimum Gasteiger partial charge on any atom is -0.496 e. The molecule has 0 atom stereocenters. The zero-order valence-electron chi connectivity index (χ0n) is 14.1. The van der Waals surface area contributed by atoms with Crippen LogP contribution in [-0.4, -0.2) is 56.2 Å². The predicted octanol–water partition coefficient (Wildman–Crippen LogP) is 1.89. The highest BCUT2D eigenvalue weighted by molar-refractivity contribution is 8.13. The van der Waals surface area contributed by atoms with Crippen LogP contribution in [0.15, 0.2) is 12.1 Å². The monoisotopic (exact) mass is 354 g/mol. The van der Waals surface area contributed by atoms with Crippen molar-refractivity contribution in [3.63, 3.8) is 0 Å². The maximum atomic E-state index is 12.0. The molecule has 1 aromatic rings. The average Bonchev–Trinajstić information content (AvgIpc) is 3.02. The lowest BCUT2D eigenvalue weighted by atomic mass is 10.1. The second kappa shape index (κ2) is 8.68. The minimum absolute atomic E-state index is 0.0457. The van der Waals surface area contributed by atoms with E-state index in [0.717, 1.165) is 11.3 Å². The predicted molar refractivity (Wildman–Crippen MR) is 92.0 cm³/mol. The fourth-order valence-corrected chi connectivity index (χ4v) is 3.23. The first-order valence-electron chi connectivity index (χ1n) is 7.56. The van der Waals surface area contributed by atoms with E-state index in [1.165, 1.54) is 11.8 Å². The highest BCUT2D eigenvalue weighted by Gasteiger charge is 2.21. The summed E-state index contributed by atoms with van der Waals surface area (Å²) < 4.78 is 15.8. The molecule has 1 saturated heterocycles. The number of amides is 2. The van der Waals surface area contributed by atoms with Crippen molar-refractivity contribution in [1.82, 2.24) is 10.2 Å². The van der Waals surface area contributed by atoms with Crippen molar-refractivity contribution in [3.05, 3.63) is 17.7 Å². The molecule has 1 aromatic carbocycles. The molecule has 0 bridgehead atoms. The summed E-state index contributed by atoms with van der Waals surface area (Å²) in [6.45, 7) is 1.46. The van der Waals surface area contributed by atoms with E-state index in [4.69, 9.17) is 14.2 Å². The Morgan fingerprint density at radius 1 is 1.17 bits per heavy atom. The summed E-state index contributed by atoms with van der Waals surface area (Å²) in [6, 6.07) is 3.50. The molecule has 2 rings (SSSR count). The van der Waals surface area contributed by atoms with E-state index in [1.54, 1.807) is 38.4 Å². The fraction of sp³-hybridized carbons (Fsp3) is 0.500. The number of methoxy groups -OCH3 is 3. The van der Waals surface area contributed by atoms with E-state index in [9.17, 15) is 9.59 Å². The Morgan fingerprint density at radius 2 is 1.83 bits per heavy atom. The molecule has 132 valence electrons. The maximum Gasteiger partial charge on any atom is 0.281 e. The lowest BCUT2D eigenvalue weighted by Crippen LogP contribution is -2.30. The Balaban J connectivity index is 1.92. The van der Waals surface area contributed by atoms with Crippen LogP contribution in [0.5, 0.6) is 17.2 Å². The van der Waals surface area contributed by atoms with Gasteiger partial charge < -0.3 is 24.4 Å². The maximum absolute atomic E-state index is 12.0. The van der Waals surface area contributed by atoms with Crippen molar-refractivity contribution in [3.8, 4) is 17.2 Å². The Labute approximate surface area is 145 Å². The Morgan fingerprint density at radius 3 is 2.42 bits per heavy atom. The van der Waals surface area contributed by atoms with Gasteiger partial charge in [-0.3, -0.25) is 9.59 Å². The van der Waals surface area contributed by atoms with Crippen LogP contribution in [0.25, 0.3) is 0 Å². The van der Waals surface area contributed by atoms with Crippen LogP contribution < -0.4 is 19.5 Å². The molecule has 1 fully saturated rings. The molecule has 24 heavy (non-hydrogen) atoms. The normalized spacial score (nSPS) is 13.8. The first-order chi connectivity index (χ1) is 11.6. The Hall–Kier alpha value is -2.09. The van der Waals surface area contributed by atoms with Gasteiger partial charge in [0, 0.05) is 43.4 Å². The van der Waals surface area contributed by atoms with E-state index in [-0.39, 0.29) is 17.6 Å². The van der Waals surface area contributed by atoms with Crippen molar-refractivity contribution in [2.45, 2.75) is 13.0 Å². The van der Waals surface area contributed by atoms with E-state index in [2.05, 4.69) is 5.32 Å². The summed E-state index contributed by atoms with van der Waals surface area (Å²) >= 11 is 1.29. The first-order valence-corrected chi connectivity index (χ1v) is 8.55. The van der Waals surface area contributed by atoms with Crippen LogP contribution in [0, 0.1) is 0 Å². The third-order valence-electron chi connectivity index (χ3n) is 3.72. The second-order valence-electron chi connectivity index (χ2n) is 5.15. The van der Waals surface area contributed by atoms with Gasteiger partial charge in [0.2, 0.25) is 5.91 Å². The first kappa shape index (κ1) is 18.3. The molecule has 1 aliphatic rings. The van der Waals surface area contributed by atoms with Crippen molar-refractivity contribution < 1.29 is 23.8 Å². The molecule has 0 unspecified atom stereocenters. The van der Waals surface area contributed by atoms with Crippen LogP contribution in [0.4, 0.5) is 4.79 Å². The van der Waals surface area contributed by atoms with E-state index >= 15 is 0 Å². The number of nitrogens with zero attached hydrogens (tertiary/aromatic N) is 1. The van der Waals surface area contributed by atoms with Crippen molar-refractivity contribution >= 4 is 22.9 Å². The molecule has 0 radical (unpaired) electrons. The quantitative estimate of drug-likeness (QED) is 0.768. The number of carbonyl (C=O) groups excluding carboxylic acids is 2. The van der Waals surface area contributed by atoms with Gasteiger partial charge >= 0.3 is 0 Å². The number of carbonyl (C=O) groups is 2. The van der Waals surface area contributed by atoms with Gasteiger partial charge in [-0.15, -0.1) is 0 Å². The van der Waals surface area contributed by atoms with Gasteiger partial charge in [0.1, 0.15) is 5.75 Å². The molecule has 1 aliphatic heterocycles. The average molecular weight is 354 g/mol. The molecule has 1 heterocycles. The zero-order valence-corrected chi connectivity index (χ0v) is 14.9. The zero-order chi connectivity index (χ0) is 17.5. The van der Waals surface area contributed by atoms with Crippen LogP contribution in [0.3, 0.4) is 0 Å². The summed E-state index contributed by atoms with van der Waals surface area (Å²) in [5.74, 6) is 2.43. The topological polar surface area (TPSA) is 77.1 Å². The molecular weight excluding hydrogens is 332 g/mol. The van der Waals surface area contributed by atoms with E-state index in [0.29, 0.717) is 36.9 Å². The number of hydrogen-bond donors (Lipinski definition) is 1. The van der Waals surface area contributed by atoms with Gasteiger partial charge in [-0.1, -0.05) is 11.8 Å². The van der Waals surface area contributed by atoms with E-state index in [1.807, 2.05) is 0 Å². The van der Waals surface area contributed by atoms with Crippen LogP contribution >= 0.6 is 11.8 Å². The highest BCUT2D eigenvalue weighted by Crippen LogP contribution is 2.34. The number of benzene rings is 1. The van der Waals surface area contributed by atoms with Gasteiger partial charge in [0.15, 0.2) is 11.5 Å². The molecule has 0 spiro atoms. The van der Waals surface area contributed by atoms with E-state index < -0.39 is 0 Å². The molecule has 1 N–H and O–H groups in total. The molecule has 0 aliphatic carbocycles. The SMILES string of the molecule is COc1cc(OC)c(OC)cc1CNC(=O)CCN1CCSC1=O. The van der Waals surface area contributed by atoms with Gasteiger partial charge in [0.05, 0.1) is 21.3 Å². The smallest absolute Gasteiger partial charge is 0.281 e. The van der Waals surface area contributed by atoms with Gasteiger partial charge in [0.25, 0.3) is 5.24 Å². The Bertz CT molecular complexity index is 608. The minimum atomic E-state index is -0.114. The number of nitrogens with one attached hydrogen (secondary N) is 1. The largest absolute Gasteiger partial charge is 0.496 e. The number of ether oxygens (including phenoxy) is 3. The van der Waals surface area contributed by atoms with Crippen LogP contribution in [0.1, 0.15) is 12.0 Å². The van der Waals surface area contributed by atoms with Gasteiger partial charge in [-0.2, -0.15) is 0 Å². The molecule has 7 nitrogen and oxygen atoms in total. The number of hydrogen-bond acceptors (Lipinski definition) is 6. The van der Waals surface area contributed by atoms with Crippen LogP contribution in [-0.2, 0) is 11.3 Å². The molecule has 2 amide bonds. The van der Waals surface area contributed by atoms with Crippen LogP contribution in [0.2, 0.25) is 0 Å². The van der Waals surface area contributed by atoms with Crippen molar-refractivity contribution in [2.24, 2.45) is 0 Å². The third kappa shape index (κ3) is 4.47. The van der Waals surface area contributed by atoms with Gasteiger partial charge in [-0.25, -0.2) is 0 Å². The fourth-order valence-electron chi connectivity index (χ4n) is 2.38. The lowest BCUT2D eigenvalue weighted by molar-refractivity contribution is -0.121.